The summed E-state index contributed by atoms with van der Waals surface area (Å²) in [4.78, 5) is 32.1. The van der Waals surface area contributed by atoms with E-state index in [1.807, 2.05) is 6.07 Å². The molecule has 0 fully saturated rings. The first-order chi connectivity index (χ1) is 15.5. The van der Waals surface area contributed by atoms with Crippen molar-refractivity contribution in [3.05, 3.63) is 93.4 Å². The van der Waals surface area contributed by atoms with Gasteiger partial charge in [-0.1, -0.05) is 24.3 Å². The van der Waals surface area contributed by atoms with Crippen LogP contribution in [0, 0.1) is 10.6 Å². The molecule has 9 heteroatoms. The second kappa shape index (κ2) is 9.52. The third-order valence-electron chi connectivity index (χ3n) is 4.76. The number of halogens is 1. The fourth-order valence-electron chi connectivity index (χ4n) is 3.13. The Balaban J connectivity index is 1.32. The number of nitrogens with zero attached hydrogens (tertiary/aromatic N) is 2. The SMILES string of the molecule is O=C(CCn1c(=S)[nH]c2ccccc2c1=O)NCc1ccc(Oc2cccc(F)c2)nc1. The number of nitrogens with one attached hydrogen (secondary N) is 2. The molecule has 0 radical (unpaired) electrons. The minimum atomic E-state index is -0.395. The first kappa shape index (κ1) is 21.4. The maximum absolute atomic E-state index is 13.2. The molecule has 2 aromatic heterocycles. The Hall–Kier alpha value is -3.85. The van der Waals surface area contributed by atoms with Gasteiger partial charge in [0.15, 0.2) is 4.77 Å². The van der Waals surface area contributed by atoms with Crippen LogP contribution in [0.3, 0.4) is 0 Å². The number of rotatable bonds is 7. The first-order valence-electron chi connectivity index (χ1n) is 9.86. The molecule has 0 aliphatic heterocycles. The average molecular weight is 450 g/mol. The highest BCUT2D eigenvalue weighted by molar-refractivity contribution is 7.71. The molecule has 0 bridgehead atoms. The van der Waals surface area contributed by atoms with Gasteiger partial charge in [-0.2, -0.15) is 0 Å². The number of hydrogen-bond donors (Lipinski definition) is 2. The van der Waals surface area contributed by atoms with Crippen LogP contribution < -0.4 is 15.6 Å². The first-order valence-corrected chi connectivity index (χ1v) is 10.3. The van der Waals surface area contributed by atoms with Crippen molar-refractivity contribution in [1.29, 1.82) is 0 Å². The van der Waals surface area contributed by atoms with E-state index in [4.69, 9.17) is 17.0 Å². The number of pyridine rings is 1. The van der Waals surface area contributed by atoms with E-state index in [1.54, 1.807) is 48.7 Å². The van der Waals surface area contributed by atoms with Crippen molar-refractivity contribution in [3.8, 4) is 11.6 Å². The van der Waals surface area contributed by atoms with Crippen molar-refractivity contribution in [2.75, 3.05) is 0 Å². The third-order valence-corrected chi connectivity index (χ3v) is 5.08. The minimum Gasteiger partial charge on any atom is -0.439 e. The molecule has 4 rings (SSSR count). The molecule has 0 spiro atoms. The molecule has 0 unspecified atom stereocenters. The molecule has 32 heavy (non-hydrogen) atoms. The van der Waals surface area contributed by atoms with E-state index in [0.717, 1.165) is 5.56 Å². The molecular formula is C23H19FN4O3S. The monoisotopic (exact) mass is 450 g/mol. The Bertz CT molecular complexity index is 1380. The van der Waals surface area contributed by atoms with Crippen molar-refractivity contribution < 1.29 is 13.9 Å². The summed E-state index contributed by atoms with van der Waals surface area (Å²) < 4.78 is 20.4. The number of H-pyrrole nitrogens is 1. The summed E-state index contributed by atoms with van der Waals surface area (Å²) in [7, 11) is 0. The molecule has 2 aromatic carbocycles. The summed E-state index contributed by atoms with van der Waals surface area (Å²) in [5.74, 6) is 0.0461. The van der Waals surface area contributed by atoms with E-state index in [0.29, 0.717) is 22.5 Å². The zero-order valence-electron chi connectivity index (χ0n) is 16.9. The Labute approximate surface area is 187 Å². The summed E-state index contributed by atoms with van der Waals surface area (Å²) in [6, 6.07) is 16.3. The van der Waals surface area contributed by atoms with Gasteiger partial charge in [-0.15, -0.1) is 0 Å². The summed E-state index contributed by atoms with van der Waals surface area (Å²) in [5.41, 5.74) is 1.21. The predicted molar refractivity (Wildman–Crippen MR) is 121 cm³/mol. The van der Waals surface area contributed by atoms with Gasteiger partial charge in [0.25, 0.3) is 5.56 Å². The molecule has 162 valence electrons. The summed E-state index contributed by atoms with van der Waals surface area (Å²) in [6.07, 6.45) is 1.67. The van der Waals surface area contributed by atoms with E-state index in [9.17, 15) is 14.0 Å². The third kappa shape index (κ3) is 5.06. The Morgan fingerprint density at radius 3 is 2.78 bits per heavy atom. The lowest BCUT2D eigenvalue weighted by atomic mass is 10.2. The second-order valence-corrected chi connectivity index (χ2v) is 7.41. The van der Waals surface area contributed by atoms with Gasteiger partial charge in [0.1, 0.15) is 11.6 Å². The number of aromatic amines is 1. The maximum Gasteiger partial charge on any atom is 0.262 e. The lowest BCUT2D eigenvalue weighted by Gasteiger charge is -2.09. The largest absolute Gasteiger partial charge is 0.439 e. The van der Waals surface area contributed by atoms with Gasteiger partial charge in [-0.3, -0.25) is 14.2 Å². The highest BCUT2D eigenvalue weighted by Crippen LogP contribution is 2.20. The Kier molecular flexibility index (Phi) is 6.37. The number of amides is 1. The second-order valence-electron chi connectivity index (χ2n) is 7.02. The van der Waals surface area contributed by atoms with Gasteiger partial charge < -0.3 is 15.0 Å². The van der Waals surface area contributed by atoms with E-state index in [1.165, 1.54) is 16.7 Å². The highest BCUT2D eigenvalue weighted by Gasteiger charge is 2.08. The van der Waals surface area contributed by atoms with Crippen LogP contribution in [0.25, 0.3) is 10.9 Å². The molecule has 0 aliphatic carbocycles. The van der Waals surface area contributed by atoms with Crippen LogP contribution in [0.2, 0.25) is 0 Å². The standard InChI is InChI=1S/C23H19FN4O3S/c24-16-4-3-5-17(12-16)31-21-9-8-15(14-26-21)13-25-20(29)10-11-28-22(30)18-6-1-2-7-19(18)27-23(28)32/h1-9,12,14H,10-11,13H2,(H,25,29)(H,27,32). The van der Waals surface area contributed by atoms with Crippen LogP contribution >= 0.6 is 12.2 Å². The minimum absolute atomic E-state index is 0.101. The number of fused-ring (bicyclic) bond motifs is 1. The molecule has 2 heterocycles. The molecule has 0 saturated carbocycles. The van der Waals surface area contributed by atoms with Crippen LogP contribution in [-0.4, -0.2) is 20.4 Å². The maximum atomic E-state index is 13.2. The zero-order valence-corrected chi connectivity index (χ0v) is 17.7. The highest BCUT2D eigenvalue weighted by atomic mass is 32.1. The van der Waals surface area contributed by atoms with Crippen molar-refractivity contribution in [1.82, 2.24) is 19.9 Å². The molecule has 0 atom stereocenters. The van der Waals surface area contributed by atoms with Crippen LogP contribution in [0.15, 0.2) is 71.7 Å². The van der Waals surface area contributed by atoms with Gasteiger partial charge in [0, 0.05) is 37.8 Å². The van der Waals surface area contributed by atoms with E-state index in [2.05, 4.69) is 15.3 Å². The molecule has 7 nitrogen and oxygen atoms in total. The van der Waals surface area contributed by atoms with Crippen molar-refractivity contribution in [3.63, 3.8) is 0 Å². The van der Waals surface area contributed by atoms with Crippen LogP contribution in [0.1, 0.15) is 12.0 Å². The number of aromatic nitrogens is 3. The number of carbonyl (C=O) groups excluding carboxylic acids is 1. The topological polar surface area (TPSA) is 89.0 Å². The van der Waals surface area contributed by atoms with E-state index in [-0.39, 0.29) is 35.7 Å². The average Bonchev–Trinajstić information content (AvgIpc) is 2.78. The van der Waals surface area contributed by atoms with Gasteiger partial charge in [0.05, 0.1) is 10.9 Å². The Morgan fingerprint density at radius 1 is 1.16 bits per heavy atom. The quantitative estimate of drug-likeness (QED) is 0.414. The number of ether oxygens (including phenoxy) is 1. The molecule has 1 amide bonds. The smallest absolute Gasteiger partial charge is 0.262 e. The summed E-state index contributed by atoms with van der Waals surface area (Å²) >= 11 is 5.26. The number of benzene rings is 2. The van der Waals surface area contributed by atoms with Crippen LogP contribution in [0.5, 0.6) is 11.6 Å². The lowest BCUT2D eigenvalue weighted by molar-refractivity contribution is -0.121. The van der Waals surface area contributed by atoms with Gasteiger partial charge in [-0.05, 0) is 42.0 Å². The summed E-state index contributed by atoms with van der Waals surface area (Å²) in [6.45, 7) is 0.440. The molecule has 0 saturated heterocycles. The van der Waals surface area contributed by atoms with Gasteiger partial charge in [-0.25, -0.2) is 9.37 Å². The number of carbonyl (C=O) groups is 1. The van der Waals surface area contributed by atoms with Crippen LogP contribution in [0.4, 0.5) is 4.39 Å². The van der Waals surface area contributed by atoms with Crippen molar-refractivity contribution in [2.45, 2.75) is 19.5 Å². The lowest BCUT2D eigenvalue weighted by Crippen LogP contribution is -2.28. The van der Waals surface area contributed by atoms with E-state index >= 15 is 0 Å². The van der Waals surface area contributed by atoms with Crippen LogP contribution in [-0.2, 0) is 17.9 Å². The predicted octanol–water partition coefficient (Wildman–Crippen LogP) is 4.09. The number of hydrogen-bond acceptors (Lipinski definition) is 5. The molecule has 2 N–H and O–H groups in total. The normalized spacial score (nSPS) is 10.8. The molecular weight excluding hydrogens is 431 g/mol. The van der Waals surface area contributed by atoms with Crippen molar-refractivity contribution >= 4 is 29.0 Å². The number of para-hydroxylation sites is 1. The fraction of sp³-hybridized carbons (Fsp3) is 0.130. The summed E-state index contributed by atoms with van der Waals surface area (Å²) in [5, 5.41) is 3.31. The van der Waals surface area contributed by atoms with E-state index < -0.39 is 5.82 Å². The zero-order chi connectivity index (χ0) is 22.5. The molecule has 0 aliphatic rings. The Morgan fingerprint density at radius 2 is 2.00 bits per heavy atom. The van der Waals surface area contributed by atoms with Crippen molar-refractivity contribution in [2.24, 2.45) is 0 Å². The fourth-order valence-corrected chi connectivity index (χ4v) is 3.42. The van der Waals surface area contributed by atoms with Gasteiger partial charge >= 0.3 is 0 Å². The molecule has 4 aromatic rings. The van der Waals surface area contributed by atoms with Gasteiger partial charge in [0.2, 0.25) is 11.8 Å².